The van der Waals surface area contributed by atoms with Gasteiger partial charge in [-0.05, 0) is 44.0 Å². The topological polar surface area (TPSA) is 113 Å². The van der Waals surface area contributed by atoms with Gasteiger partial charge in [0.05, 0.1) is 7.11 Å². The number of rotatable bonds is 3. The molecular formula is C19H25NO7S. The Morgan fingerprint density at radius 3 is 2.61 bits per heavy atom. The maximum Gasteiger partial charge on any atom is 0.302 e. The van der Waals surface area contributed by atoms with Gasteiger partial charge in [-0.25, -0.2) is 0 Å². The van der Waals surface area contributed by atoms with E-state index in [9.17, 15) is 22.9 Å². The minimum atomic E-state index is -4.77. The number of phenols is 1. The number of aromatic hydroxyl groups is 1. The normalized spacial score (nSPS) is 35.2. The number of carbonyl (C=O) groups is 1. The highest BCUT2D eigenvalue weighted by Crippen LogP contribution is 2.60. The van der Waals surface area contributed by atoms with Crippen molar-refractivity contribution in [1.29, 1.82) is 0 Å². The lowest BCUT2D eigenvalue weighted by Gasteiger charge is -2.60. The molecule has 1 saturated heterocycles. The van der Waals surface area contributed by atoms with E-state index in [1.807, 2.05) is 13.1 Å². The summed E-state index contributed by atoms with van der Waals surface area (Å²) in [7, 11) is -0.185. The molecule has 0 aromatic heterocycles. The van der Waals surface area contributed by atoms with E-state index < -0.39 is 26.2 Å². The van der Waals surface area contributed by atoms with Crippen molar-refractivity contribution < 1.29 is 32.3 Å². The molecule has 0 amide bonds. The van der Waals surface area contributed by atoms with Crippen LogP contribution in [0.4, 0.5) is 0 Å². The Balaban J connectivity index is 1.95. The fraction of sp³-hybridized carbons (Fsp3) is 0.632. The maximum absolute atomic E-state index is 13.1. The first-order valence-corrected chi connectivity index (χ1v) is 10.7. The number of likely N-dealkylation sites (tertiary alicyclic amines) is 1. The number of carbonyl (C=O) groups excluding carboxylic acids is 1. The molecule has 0 radical (unpaired) electrons. The summed E-state index contributed by atoms with van der Waals surface area (Å²) >= 11 is 0. The Morgan fingerprint density at radius 2 is 2.00 bits per heavy atom. The summed E-state index contributed by atoms with van der Waals surface area (Å²) in [5.41, 5.74) is 0.901. The van der Waals surface area contributed by atoms with E-state index in [1.165, 1.54) is 7.11 Å². The van der Waals surface area contributed by atoms with Crippen LogP contribution in [0.3, 0.4) is 0 Å². The first-order chi connectivity index (χ1) is 13.1. The zero-order chi connectivity index (χ0) is 20.5. The van der Waals surface area contributed by atoms with Gasteiger partial charge in [0.25, 0.3) is 4.93 Å². The quantitative estimate of drug-likeness (QED) is 0.711. The van der Waals surface area contributed by atoms with Gasteiger partial charge in [-0.3, -0.25) is 9.35 Å². The number of methoxy groups -OCH3 is 2. The molecule has 154 valence electrons. The Hall–Kier alpha value is -1.68. The summed E-state index contributed by atoms with van der Waals surface area (Å²) in [6.07, 6.45) is 0.931. The van der Waals surface area contributed by atoms with E-state index >= 15 is 0 Å². The highest BCUT2D eigenvalue weighted by molar-refractivity contribution is 7.88. The number of piperidine rings is 1. The molecule has 2 bridgehead atoms. The molecule has 0 spiro atoms. The number of Topliss-reactive ketones (excluding diaryl/α,β-unsaturated/α-hetero) is 1. The van der Waals surface area contributed by atoms with Crippen LogP contribution in [0.15, 0.2) is 12.1 Å². The first-order valence-electron chi connectivity index (χ1n) is 9.26. The van der Waals surface area contributed by atoms with Gasteiger partial charge in [0.2, 0.25) is 0 Å². The predicted octanol–water partition coefficient (Wildman–Crippen LogP) is 1.11. The molecule has 1 aromatic carbocycles. The number of benzene rings is 1. The smallest absolute Gasteiger partial charge is 0.302 e. The van der Waals surface area contributed by atoms with E-state index in [2.05, 4.69) is 4.90 Å². The van der Waals surface area contributed by atoms with Gasteiger partial charge in [-0.1, -0.05) is 6.07 Å². The molecular weight excluding hydrogens is 386 g/mol. The van der Waals surface area contributed by atoms with E-state index in [-0.39, 0.29) is 30.6 Å². The average Bonchev–Trinajstić information content (AvgIpc) is 2.63. The van der Waals surface area contributed by atoms with E-state index in [1.54, 1.807) is 6.07 Å². The molecule has 1 saturated carbocycles. The molecule has 3 aliphatic rings. The van der Waals surface area contributed by atoms with Gasteiger partial charge < -0.3 is 19.5 Å². The summed E-state index contributed by atoms with van der Waals surface area (Å²) in [6, 6.07) is 3.59. The lowest BCUT2D eigenvalue weighted by Crippen LogP contribution is -2.67. The second-order valence-corrected chi connectivity index (χ2v) is 9.76. The minimum absolute atomic E-state index is 0.0116. The molecule has 1 heterocycles. The zero-order valence-corrected chi connectivity index (χ0v) is 17.0. The second kappa shape index (κ2) is 6.16. The Labute approximate surface area is 164 Å². The van der Waals surface area contributed by atoms with Crippen LogP contribution in [0.25, 0.3) is 0 Å². The molecule has 3 unspecified atom stereocenters. The van der Waals surface area contributed by atoms with Crippen LogP contribution in [0.1, 0.15) is 30.4 Å². The van der Waals surface area contributed by atoms with Gasteiger partial charge in [-0.2, -0.15) is 8.42 Å². The van der Waals surface area contributed by atoms with Gasteiger partial charge in [-0.15, -0.1) is 0 Å². The molecule has 4 atom stereocenters. The number of phenolic OH excluding ortho intramolecular Hbond substituents is 1. The fourth-order valence-electron chi connectivity index (χ4n) is 5.76. The van der Waals surface area contributed by atoms with Crippen molar-refractivity contribution in [1.82, 2.24) is 4.90 Å². The standard InChI is InChI=1S/C19H25NO7S/c1-20-7-6-18-10-15(21)19(27-3,28(23,24)25)9-12(18)13(20)8-11-4-5-14(26-2)17(22)16(11)18/h4-5,12-13,22H,6-10H2,1-3H3,(H,23,24,25)/t12?,13?,18?,19-/m1/s1. The van der Waals surface area contributed by atoms with Crippen molar-refractivity contribution in [2.45, 2.75) is 42.1 Å². The van der Waals surface area contributed by atoms with Crippen LogP contribution >= 0.6 is 0 Å². The van der Waals surface area contributed by atoms with Crippen molar-refractivity contribution in [3.63, 3.8) is 0 Å². The molecule has 2 fully saturated rings. The van der Waals surface area contributed by atoms with Crippen molar-refractivity contribution in [2.24, 2.45) is 5.92 Å². The molecule has 9 heteroatoms. The second-order valence-electron chi connectivity index (χ2n) is 8.15. The lowest BCUT2D eigenvalue weighted by atomic mass is 9.51. The van der Waals surface area contributed by atoms with E-state index in [0.717, 1.165) is 19.2 Å². The van der Waals surface area contributed by atoms with Crippen molar-refractivity contribution in [3.05, 3.63) is 23.3 Å². The third-order valence-electron chi connectivity index (χ3n) is 7.16. The van der Waals surface area contributed by atoms with Crippen LogP contribution in [0, 0.1) is 5.92 Å². The van der Waals surface area contributed by atoms with Crippen LogP contribution in [-0.2, 0) is 31.5 Å². The van der Waals surface area contributed by atoms with Crippen LogP contribution in [0.5, 0.6) is 11.5 Å². The number of nitrogens with zero attached hydrogens (tertiary/aromatic N) is 1. The largest absolute Gasteiger partial charge is 0.504 e. The number of hydrogen-bond acceptors (Lipinski definition) is 7. The van der Waals surface area contributed by atoms with Crippen molar-refractivity contribution in [2.75, 3.05) is 27.8 Å². The lowest BCUT2D eigenvalue weighted by molar-refractivity contribution is -0.147. The molecule has 1 aromatic rings. The monoisotopic (exact) mass is 411 g/mol. The summed E-state index contributed by atoms with van der Waals surface area (Å²) in [5, 5.41) is 10.9. The minimum Gasteiger partial charge on any atom is -0.504 e. The van der Waals surface area contributed by atoms with Crippen LogP contribution in [0.2, 0.25) is 0 Å². The van der Waals surface area contributed by atoms with Crippen molar-refractivity contribution in [3.8, 4) is 11.5 Å². The molecule has 1 aliphatic heterocycles. The summed E-state index contributed by atoms with van der Waals surface area (Å²) in [5.74, 6) is -0.615. The Kier molecular flexibility index (Phi) is 4.32. The van der Waals surface area contributed by atoms with Gasteiger partial charge in [0, 0.05) is 37.0 Å². The predicted molar refractivity (Wildman–Crippen MR) is 100 cm³/mol. The highest BCUT2D eigenvalue weighted by Gasteiger charge is 2.66. The number of fused-ring (bicyclic) bond motifs is 1. The number of ether oxygens (including phenoxy) is 2. The van der Waals surface area contributed by atoms with Gasteiger partial charge in [0.15, 0.2) is 17.3 Å². The van der Waals surface area contributed by atoms with Gasteiger partial charge >= 0.3 is 10.1 Å². The number of ketones is 1. The van der Waals surface area contributed by atoms with Crippen LogP contribution < -0.4 is 4.74 Å². The fourth-order valence-corrected chi connectivity index (χ4v) is 6.72. The SMILES string of the molecule is COc1ccc2c(c1O)C13CCN(C)C(C2)C1C[C@@](OC)(S(=O)(=O)O)C(=O)C3. The van der Waals surface area contributed by atoms with E-state index in [4.69, 9.17) is 9.47 Å². The Bertz CT molecular complexity index is 946. The number of hydrogen-bond donors (Lipinski definition) is 2. The highest BCUT2D eigenvalue weighted by atomic mass is 32.2. The third-order valence-corrected chi connectivity index (χ3v) is 8.56. The van der Waals surface area contributed by atoms with Crippen molar-refractivity contribution >= 4 is 15.9 Å². The molecule has 2 N–H and O–H groups in total. The zero-order valence-electron chi connectivity index (χ0n) is 16.1. The summed E-state index contributed by atoms with van der Waals surface area (Å²) in [6.45, 7) is 0.719. The molecule has 2 aliphatic carbocycles. The Morgan fingerprint density at radius 1 is 1.29 bits per heavy atom. The maximum atomic E-state index is 13.1. The van der Waals surface area contributed by atoms with Gasteiger partial charge in [0.1, 0.15) is 0 Å². The summed E-state index contributed by atoms with van der Waals surface area (Å²) < 4.78 is 44.6. The first kappa shape index (κ1) is 19.6. The molecule has 8 nitrogen and oxygen atoms in total. The third kappa shape index (κ3) is 2.33. The molecule has 4 rings (SSSR count). The number of likely N-dealkylation sites (N-methyl/N-ethyl adjacent to an activating group) is 1. The summed E-state index contributed by atoms with van der Waals surface area (Å²) in [4.78, 5) is 13.0. The molecule has 28 heavy (non-hydrogen) atoms. The van der Waals surface area contributed by atoms with Crippen LogP contribution in [-0.4, -0.2) is 67.5 Å². The average molecular weight is 411 g/mol. The van der Waals surface area contributed by atoms with E-state index in [0.29, 0.717) is 24.2 Å².